The number of nitrogens with zero attached hydrogens (tertiary/aromatic N) is 2. The predicted octanol–water partition coefficient (Wildman–Crippen LogP) is 2.26. The summed E-state index contributed by atoms with van der Waals surface area (Å²) in [6, 6.07) is 15.8. The van der Waals surface area contributed by atoms with E-state index in [0.717, 1.165) is 22.6 Å². The number of anilines is 3. The fourth-order valence-electron chi connectivity index (χ4n) is 2.53. The molecule has 4 heteroatoms. The van der Waals surface area contributed by atoms with Crippen LogP contribution in [0.2, 0.25) is 0 Å². The van der Waals surface area contributed by atoms with Crippen molar-refractivity contribution in [2.75, 3.05) is 23.4 Å². The Labute approximate surface area is 118 Å². The third kappa shape index (κ3) is 2.04. The molecule has 0 aliphatic carbocycles. The van der Waals surface area contributed by atoms with Crippen molar-refractivity contribution in [3.05, 3.63) is 54.1 Å². The molecular weight excluding hydrogens is 250 g/mol. The van der Waals surface area contributed by atoms with Crippen molar-refractivity contribution in [2.24, 2.45) is 5.73 Å². The maximum atomic E-state index is 12.4. The Morgan fingerprint density at radius 1 is 1.05 bits per heavy atom. The Morgan fingerprint density at radius 2 is 1.70 bits per heavy atom. The van der Waals surface area contributed by atoms with Crippen LogP contribution in [0.5, 0.6) is 0 Å². The van der Waals surface area contributed by atoms with E-state index in [9.17, 15) is 4.79 Å². The molecule has 1 amide bonds. The van der Waals surface area contributed by atoms with Crippen molar-refractivity contribution in [2.45, 2.75) is 6.54 Å². The quantitative estimate of drug-likeness (QED) is 0.908. The molecule has 2 aromatic carbocycles. The summed E-state index contributed by atoms with van der Waals surface area (Å²) in [7, 11) is 1.94. The molecule has 3 rings (SSSR count). The van der Waals surface area contributed by atoms with E-state index in [0.29, 0.717) is 13.1 Å². The normalized spacial score (nSPS) is 14.4. The molecule has 1 aliphatic heterocycles. The number of carbonyl (C=O) groups is 1. The van der Waals surface area contributed by atoms with Gasteiger partial charge >= 0.3 is 0 Å². The van der Waals surface area contributed by atoms with Crippen LogP contribution in [0.3, 0.4) is 0 Å². The molecular formula is C16H17N3O. The maximum absolute atomic E-state index is 12.4. The monoisotopic (exact) mass is 267 g/mol. The minimum atomic E-state index is 0.0756. The van der Waals surface area contributed by atoms with Gasteiger partial charge in [-0.05, 0) is 29.8 Å². The first-order chi connectivity index (χ1) is 9.70. The first-order valence-electron chi connectivity index (χ1n) is 6.63. The topological polar surface area (TPSA) is 49.6 Å². The van der Waals surface area contributed by atoms with E-state index in [1.54, 1.807) is 4.90 Å². The van der Waals surface area contributed by atoms with Gasteiger partial charge in [0.05, 0.1) is 17.9 Å². The van der Waals surface area contributed by atoms with Crippen LogP contribution in [0.1, 0.15) is 5.56 Å². The zero-order chi connectivity index (χ0) is 14.1. The lowest BCUT2D eigenvalue weighted by molar-refractivity contribution is -0.116. The summed E-state index contributed by atoms with van der Waals surface area (Å²) >= 11 is 0. The van der Waals surface area contributed by atoms with Crippen molar-refractivity contribution < 1.29 is 4.79 Å². The highest BCUT2D eigenvalue weighted by Gasteiger charge is 2.27. The number of likely N-dealkylation sites (N-methyl/N-ethyl adjacent to an activating group) is 1. The van der Waals surface area contributed by atoms with Crippen molar-refractivity contribution in [1.82, 2.24) is 0 Å². The number of amides is 1. The van der Waals surface area contributed by atoms with E-state index < -0.39 is 0 Å². The first kappa shape index (κ1) is 12.7. The highest BCUT2D eigenvalue weighted by Crippen LogP contribution is 2.37. The molecule has 0 aromatic heterocycles. The molecule has 0 atom stereocenters. The number of benzene rings is 2. The molecule has 20 heavy (non-hydrogen) atoms. The second-order valence-corrected chi connectivity index (χ2v) is 4.94. The Kier molecular flexibility index (Phi) is 3.16. The van der Waals surface area contributed by atoms with Crippen molar-refractivity contribution >= 4 is 23.0 Å². The average Bonchev–Trinajstić information content (AvgIpc) is 2.48. The van der Waals surface area contributed by atoms with Gasteiger partial charge in [-0.3, -0.25) is 9.69 Å². The number of para-hydroxylation sites is 2. The Balaban J connectivity index is 2.07. The molecule has 4 nitrogen and oxygen atoms in total. The van der Waals surface area contributed by atoms with Crippen LogP contribution in [0.4, 0.5) is 17.1 Å². The molecule has 2 aromatic rings. The van der Waals surface area contributed by atoms with Gasteiger partial charge < -0.3 is 10.6 Å². The summed E-state index contributed by atoms with van der Waals surface area (Å²) in [5.41, 5.74) is 9.54. The van der Waals surface area contributed by atoms with Gasteiger partial charge in [-0.15, -0.1) is 0 Å². The second-order valence-electron chi connectivity index (χ2n) is 4.94. The molecule has 0 radical (unpaired) electrons. The van der Waals surface area contributed by atoms with Crippen molar-refractivity contribution in [3.8, 4) is 0 Å². The highest BCUT2D eigenvalue weighted by atomic mass is 16.2. The first-order valence-corrected chi connectivity index (χ1v) is 6.63. The molecule has 0 fully saturated rings. The van der Waals surface area contributed by atoms with Crippen molar-refractivity contribution in [3.63, 3.8) is 0 Å². The maximum Gasteiger partial charge on any atom is 0.251 e. The molecule has 0 bridgehead atoms. The largest absolute Gasteiger partial charge is 0.364 e. The van der Waals surface area contributed by atoms with Gasteiger partial charge in [-0.2, -0.15) is 0 Å². The minimum Gasteiger partial charge on any atom is -0.364 e. The van der Waals surface area contributed by atoms with Gasteiger partial charge in [0, 0.05) is 19.3 Å². The van der Waals surface area contributed by atoms with Gasteiger partial charge in [0.2, 0.25) is 0 Å². The molecule has 0 unspecified atom stereocenters. The molecule has 2 N–H and O–H groups in total. The third-order valence-electron chi connectivity index (χ3n) is 3.59. The van der Waals surface area contributed by atoms with Gasteiger partial charge in [0.25, 0.3) is 5.91 Å². The highest BCUT2D eigenvalue weighted by molar-refractivity contribution is 6.08. The smallest absolute Gasteiger partial charge is 0.251 e. The second kappa shape index (κ2) is 4.98. The van der Waals surface area contributed by atoms with Crippen LogP contribution in [0.15, 0.2) is 48.5 Å². The zero-order valence-electron chi connectivity index (χ0n) is 11.4. The summed E-state index contributed by atoms with van der Waals surface area (Å²) < 4.78 is 0. The lowest BCUT2D eigenvalue weighted by atomic mass is 10.1. The number of fused-ring (bicyclic) bond motifs is 1. The molecule has 1 heterocycles. The SMILES string of the molecule is CN1CC(=O)N(c2ccc(CN)cc2)c2ccccc21. The van der Waals surface area contributed by atoms with E-state index in [4.69, 9.17) is 5.73 Å². The summed E-state index contributed by atoms with van der Waals surface area (Å²) in [4.78, 5) is 16.1. The zero-order valence-corrected chi connectivity index (χ0v) is 11.4. The van der Waals surface area contributed by atoms with E-state index in [-0.39, 0.29) is 5.91 Å². The predicted molar refractivity (Wildman–Crippen MR) is 81.2 cm³/mol. The van der Waals surface area contributed by atoms with Crippen LogP contribution < -0.4 is 15.5 Å². The fraction of sp³-hybridized carbons (Fsp3) is 0.188. The lowest BCUT2D eigenvalue weighted by Crippen LogP contribution is -2.41. The van der Waals surface area contributed by atoms with E-state index in [2.05, 4.69) is 0 Å². The Morgan fingerprint density at radius 3 is 2.35 bits per heavy atom. The molecule has 102 valence electrons. The molecule has 1 aliphatic rings. The van der Waals surface area contributed by atoms with Gasteiger partial charge in [-0.1, -0.05) is 24.3 Å². The fourth-order valence-corrected chi connectivity index (χ4v) is 2.53. The molecule has 0 spiro atoms. The van der Waals surface area contributed by atoms with E-state index in [1.165, 1.54) is 0 Å². The van der Waals surface area contributed by atoms with E-state index >= 15 is 0 Å². The number of carbonyl (C=O) groups excluding carboxylic acids is 1. The summed E-state index contributed by atoms with van der Waals surface area (Å²) in [6.45, 7) is 0.892. The standard InChI is InChI=1S/C16H17N3O/c1-18-11-16(20)19(15-5-3-2-4-14(15)18)13-8-6-12(10-17)7-9-13/h2-9H,10-11,17H2,1H3. The number of nitrogens with two attached hydrogens (primary N) is 1. The molecule has 0 saturated carbocycles. The van der Waals surface area contributed by atoms with Crippen LogP contribution in [-0.2, 0) is 11.3 Å². The van der Waals surface area contributed by atoms with Crippen LogP contribution >= 0.6 is 0 Å². The van der Waals surface area contributed by atoms with Crippen LogP contribution in [0, 0.1) is 0 Å². The third-order valence-corrected chi connectivity index (χ3v) is 3.59. The summed E-state index contributed by atoms with van der Waals surface area (Å²) in [5, 5.41) is 0. The lowest BCUT2D eigenvalue weighted by Gasteiger charge is -2.35. The van der Waals surface area contributed by atoms with Crippen LogP contribution in [-0.4, -0.2) is 19.5 Å². The minimum absolute atomic E-state index is 0.0756. The van der Waals surface area contributed by atoms with Crippen LogP contribution in [0.25, 0.3) is 0 Å². The van der Waals surface area contributed by atoms with Gasteiger partial charge in [0.15, 0.2) is 0 Å². The number of hydrogen-bond acceptors (Lipinski definition) is 3. The van der Waals surface area contributed by atoms with Crippen molar-refractivity contribution in [1.29, 1.82) is 0 Å². The summed E-state index contributed by atoms with van der Waals surface area (Å²) in [5.74, 6) is 0.0756. The Bertz CT molecular complexity index is 636. The summed E-state index contributed by atoms with van der Waals surface area (Å²) in [6.07, 6.45) is 0. The number of hydrogen-bond donors (Lipinski definition) is 1. The average molecular weight is 267 g/mol. The molecule has 0 saturated heterocycles. The number of rotatable bonds is 2. The Hall–Kier alpha value is -2.33. The van der Waals surface area contributed by atoms with Gasteiger partial charge in [0.1, 0.15) is 0 Å². The van der Waals surface area contributed by atoms with Gasteiger partial charge in [-0.25, -0.2) is 0 Å². The van der Waals surface area contributed by atoms with E-state index in [1.807, 2.05) is 60.5 Å².